The fourth-order valence-corrected chi connectivity index (χ4v) is 4.60. The highest BCUT2D eigenvalue weighted by molar-refractivity contribution is 8.00. The van der Waals surface area contributed by atoms with E-state index in [2.05, 4.69) is 4.72 Å². The molecule has 2 atom stereocenters. The molecule has 0 bridgehead atoms. The number of carbonyl (C=O) groups is 2. The molecule has 8 heteroatoms. The van der Waals surface area contributed by atoms with Gasteiger partial charge in [-0.3, -0.25) is 19.2 Å². The summed E-state index contributed by atoms with van der Waals surface area (Å²) in [5.74, 6) is -0.453. The van der Waals surface area contributed by atoms with Crippen molar-refractivity contribution in [2.24, 2.45) is 0 Å². The van der Waals surface area contributed by atoms with Crippen molar-refractivity contribution >= 4 is 40.2 Å². The van der Waals surface area contributed by atoms with Crippen molar-refractivity contribution in [3.63, 3.8) is 0 Å². The quantitative estimate of drug-likeness (QED) is 0.801. The number of anilines is 1. The van der Waals surface area contributed by atoms with E-state index in [0.717, 1.165) is 11.1 Å². The minimum absolute atomic E-state index is 0.0412. The van der Waals surface area contributed by atoms with Crippen LogP contribution in [0.15, 0.2) is 42.5 Å². The molecule has 28 heavy (non-hydrogen) atoms. The number of carbonyl (C=O) groups excluding carboxylic acids is 2. The maximum absolute atomic E-state index is 13.2. The van der Waals surface area contributed by atoms with Crippen LogP contribution in [0.1, 0.15) is 40.7 Å². The topological polar surface area (TPSA) is 66.5 Å². The number of rotatable bonds is 5. The summed E-state index contributed by atoms with van der Waals surface area (Å²) in [5.41, 5.74) is 2.68. The lowest BCUT2D eigenvalue weighted by Crippen LogP contribution is -2.31. The van der Waals surface area contributed by atoms with Gasteiger partial charge in [-0.05, 0) is 62.2 Å². The van der Waals surface area contributed by atoms with Gasteiger partial charge in [-0.25, -0.2) is 8.60 Å². The Hall–Kier alpha value is -2.19. The minimum Gasteiger partial charge on any atom is -0.295 e. The van der Waals surface area contributed by atoms with Crippen LogP contribution in [0.25, 0.3) is 0 Å². The van der Waals surface area contributed by atoms with Crippen molar-refractivity contribution < 1.29 is 18.2 Å². The van der Waals surface area contributed by atoms with E-state index >= 15 is 0 Å². The molecule has 0 aromatic heterocycles. The molecule has 1 saturated heterocycles. The Balaban J connectivity index is 1.87. The third kappa shape index (κ3) is 4.28. The largest absolute Gasteiger partial charge is 0.295 e. The predicted molar refractivity (Wildman–Crippen MR) is 111 cm³/mol. The zero-order valence-corrected chi connectivity index (χ0v) is 17.4. The normalized spacial score (nSPS) is 17.8. The molecule has 2 aromatic rings. The van der Waals surface area contributed by atoms with Crippen LogP contribution >= 0.6 is 11.8 Å². The third-order valence-electron chi connectivity index (χ3n) is 4.36. The van der Waals surface area contributed by atoms with Gasteiger partial charge >= 0.3 is 0 Å². The summed E-state index contributed by atoms with van der Waals surface area (Å²) in [6, 6.07) is 11.1. The minimum atomic E-state index is -1.45. The van der Waals surface area contributed by atoms with E-state index in [9.17, 15) is 18.2 Å². The van der Waals surface area contributed by atoms with Crippen molar-refractivity contribution in [3.05, 3.63) is 65.0 Å². The Bertz CT molecular complexity index is 932. The summed E-state index contributed by atoms with van der Waals surface area (Å²) in [6.07, 6.45) is 0. The molecule has 3 rings (SSSR count). The Labute approximate surface area is 170 Å². The molecule has 1 fully saturated rings. The van der Waals surface area contributed by atoms with Gasteiger partial charge < -0.3 is 0 Å². The van der Waals surface area contributed by atoms with Gasteiger partial charge in [0.15, 0.2) is 0 Å². The molecule has 5 nitrogen and oxygen atoms in total. The number of thioether (sulfide) groups is 1. The first-order chi connectivity index (χ1) is 13.3. The average molecular weight is 421 g/mol. The monoisotopic (exact) mass is 420 g/mol. The van der Waals surface area contributed by atoms with E-state index < -0.39 is 16.9 Å². The Kier molecular flexibility index (Phi) is 6.20. The van der Waals surface area contributed by atoms with Crippen molar-refractivity contribution in [2.75, 3.05) is 10.7 Å². The molecule has 2 amide bonds. The van der Waals surface area contributed by atoms with Crippen LogP contribution in [0.2, 0.25) is 0 Å². The van der Waals surface area contributed by atoms with Crippen LogP contribution in [0, 0.1) is 12.7 Å². The molecule has 1 heterocycles. The average Bonchev–Trinajstić information content (AvgIpc) is 3.03. The third-order valence-corrected chi connectivity index (χ3v) is 6.82. The molecule has 0 spiro atoms. The maximum Gasteiger partial charge on any atom is 0.262 e. The molecule has 1 aliphatic heterocycles. The van der Waals surface area contributed by atoms with Crippen LogP contribution in [-0.4, -0.2) is 27.0 Å². The SMILES string of the molecule is Cc1cc(C(=O)NS(=O)C(C)C)ccc1N1C(=O)CSC1c1ccc(F)cc1. The fraction of sp³-hybridized carbons (Fsp3) is 0.300. The predicted octanol–water partition coefficient (Wildman–Crippen LogP) is 3.71. The Morgan fingerprint density at radius 1 is 1.25 bits per heavy atom. The van der Waals surface area contributed by atoms with Crippen LogP contribution in [0.5, 0.6) is 0 Å². The van der Waals surface area contributed by atoms with Crippen molar-refractivity contribution in [2.45, 2.75) is 31.4 Å². The lowest BCUT2D eigenvalue weighted by molar-refractivity contribution is -0.115. The number of amides is 2. The van der Waals surface area contributed by atoms with Gasteiger partial charge in [0.1, 0.15) is 22.2 Å². The highest BCUT2D eigenvalue weighted by atomic mass is 32.2. The molecule has 1 aliphatic rings. The van der Waals surface area contributed by atoms with Crippen molar-refractivity contribution in [1.82, 2.24) is 4.72 Å². The summed E-state index contributed by atoms with van der Waals surface area (Å²) < 4.78 is 27.6. The van der Waals surface area contributed by atoms with Crippen LogP contribution < -0.4 is 9.62 Å². The van der Waals surface area contributed by atoms with Crippen LogP contribution in [-0.2, 0) is 15.8 Å². The number of nitrogens with one attached hydrogen (secondary N) is 1. The summed E-state index contributed by atoms with van der Waals surface area (Å²) in [5, 5.41) is -0.431. The smallest absolute Gasteiger partial charge is 0.262 e. The van der Waals surface area contributed by atoms with Crippen molar-refractivity contribution in [1.29, 1.82) is 0 Å². The van der Waals surface area contributed by atoms with E-state index in [1.807, 2.05) is 6.92 Å². The molecule has 0 saturated carbocycles. The molecule has 0 aliphatic carbocycles. The summed E-state index contributed by atoms with van der Waals surface area (Å²) in [7, 11) is -1.45. The fourth-order valence-electron chi connectivity index (χ4n) is 2.89. The first-order valence-corrected chi connectivity index (χ1v) is 11.1. The second-order valence-corrected chi connectivity index (χ2v) is 9.57. The molecule has 1 N–H and O–H groups in total. The lowest BCUT2D eigenvalue weighted by atomic mass is 10.1. The Morgan fingerprint density at radius 3 is 2.54 bits per heavy atom. The van der Waals surface area contributed by atoms with E-state index in [-0.39, 0.29) is 22.3 Å². The highest BCUT2D eigenvalue weighted by Crippen LogP contribution is 2.42. The number of aryl methyl sites for hydroxylation is 1. The maximum atomic E-state index is 13.2. The van der Waals surface area contributed by atoms with E-state index in [0.29, 0.717) is 17.0 Å². The van der Waals surface area contributed by atoms with Gasteiger partial charge in [0.05, 0.1) is 5.75 Å². The number of benzene rings is 2. The Morgan fingerprint density at radius 2 is 1.93 bits per heavy atom. The van der Waals surface area contributed by atoms with E-state index in [4.69, 9.17) is 0 Å². The van der Waals surface area contributed by atoms with E-state index in [1.54, 1.807) is 49.1 Å². The number of halogens is 1. The lowest BCUT2D eigenvalue weighted by Gasteiger charge is -2.26. The number of hydrogen-bond acceptors (Lipinski definition) is 4. The first kappa shape index (κ1) is 20.5. The van der Waals surface area contributed by atoms with E-state index in [1.165, 1.54) is 23.9 Å². The van der Waals surface area contributed by atoms with Gasteiger partial charge in [-0.2, -0.15) is 0 Å². The molecule has 0 radical (unpaired) electrons. The first-order valence-electron chi connectivity index (χ1n) is 8.79. The molecular weight excluding hydrogens is 399 g/mol. The zero-order chi connectivity index (χ0) is 20.4. The van der Waals surface area contributed by atoms with Gasteiger partial charge in [-0.15, -0.1) is 11.8 Å². The number of nitrogens with zero attached hydrogens (tertiary/aromatic N) is 1. The summed E-state index contributed by atoms with van der Waals surface area (Å²) in [6.45, 7) is 5.34. The van der Waals surface area contributed by atoms with Crippen LogP contribution in [0.4, 0.5) is 10.1 Å². The molecule has 2 unspecified atom stereocenters. The van der Waals surface area contributed by atoms with Gasteiger partial charge in [0, 0.05) is 16.5 Å². The molecule has 148 valence electrons. The standard InChI is InChI=1S/C20H21FN2O3S2/c1-12(2)28(26)22-19(25)15-6-9-17(13(3)10-15)23-18(24)11-27-20(23)14-4-7-16(21)8-5-14/h4-10,12,20H,11H2,1-3H3,(H,22,25). The summed E-state index contributed by atoms with van der Waals surface area (Å²) in [4.78, 5) is 26.5. The highest BCUT2D eigenvalue weighted by Gasteiger charge is 2.35. The zero-order valence-electron chi connectivity index (χ0n) is 15.8. The molecular formula is C20H21FN2O3S2. The summed E-state index contributed by atoms with van der Waals surface area (Å²) >= 11 is 1.48. The van der Waals surface area contributed by atoms with Crippen LogP contribution in [0.3, 0.4) is 0 Å². The second kappa shape index (κ2) is 8.45. The van der Waals surface area contributed by atoms with Gasteiger partial charge in [0.25, 0.3) is 5.91 Å². The van der Waals surface area contributed by atoms with Crippen molar-refractivity contribution in [3.8, 4) is 0 Å². The number of hydrogen-bond donors (Lipinski definition) is 1. The second-order valence-electron chi connectivity index (χ2n) is 6.76. The van der Waals surface area contributed by atoms with Gasteiger partial charge in [-0.1, -0.05) is 12.1 Å². The molecule has 2 aromatic carbocycles. The van der Waals surface area contributed by atoms with Gasteiger partial charge in [0.2, 0.25) is 5.91 Å².